The van der Waals surface area contributed by atoms with Gasteiger partial charge >= 0.3 is 6.18 Å². The molecule has 5 nitrogen and oxygen atoms in total. The number of hydrogen-bond acceptors (Lipinski definition) is 6. The maximum atomic E-state index is 12.1. The summed E-state index contributed by atoms with van der Waals surface area (Å²) in [4.78, 5) is 8.64. The summed E-state index contributed by atoms with van der Waals surface area (Å²) in [6, 6.07) is 3.17. The molecule has 0 bridgehead atoms. The molecule has 0 aliphatic carbocycles. The highest BCUT2D eigenvalue weighted by atomic mass is 32.1. The van der Waals surface area contributed by atoms with Crippen LogP contribution in [0.5, 0.6) is 5.88 Å². The van der Waals surface area contributed by atoms with Crippen molar-refractivity contribution in [2.24, 2.45) is 0 Å². The highest BCUT2D eigenvalue weighted by Crippen LogP contribution is 2.18. The van der Waals surface area contributed by atoms with E-state index in [4.69, 9.17) is 5.73 Å². The lowest BCUT2D eigenvalue weighted by Crippen LogP contribution is -2.19. The molecule has 114 valence electrons. The summed E-state index contributed by atoms with van der Waals surface area (Å²) in [7, 11) is 0. The van der Waals surface area contributed by atoms with Crippen molar-refractivity contribution in [3.05, 3.63) is 35.0 Å². The van der Waals surface area contributed by atoms with Crippen LogP contribution >= 0.6 is 11.3 Å². The van der Waals surface area contributed by atoms with Crippen molar-refractivity contribution in [2.45, 2.75) is 19.3 Å². The number of aromatic nitrogens is 2. The average Bonchev–Trinajstić information content (AvgIpc) is 2.82. The molecule has 0 radical (unpaired) electrons. The van der Waals surface area contributed by atoms with Crippen molar-refractivity contribution in [3.63, 3.8) is 0 Å². The summed E-state index contributed by atoms with van der Waals surface area (Å²) in [5.74, 6) is -0.0475. The number of pyridine rings is 1. The summed E-state index contributed by atoms with van der Waals surface area (Å²) in [6.07, 6.45) is -1.28. The first-order chi connectivity index (χ1) is 9.92. The number of halogens is 3. The molecule has 2 heterocycles. The van der Waals surface area contributed by atoms with E-state index in [-0.39, 0.29) is 5.88 Å². The molecule has 2 aromatic rings. The number of nitrogens with two attached hydrogens (primary N) is 1. The molecule has 0 unspecified atom stereocenters. The maximum Gasteiger partial charge on any atom is 0.422 e. The first-order valence-electron chi connectivity index (χ1n) is 5.98. The average molecular weight is 318 g/mol. The van der Waals surface area contributed by atoms with Gasteiger partial charge in [-0.1, -0.05) is 0 Å². The Morgan fingerprint density at radius 3 is 2.76 bits per heavy atom. The van der Waals surface area contributed by atoms with E-state index in [0.717, 1.165) is 10.4 Å². The number of nitrogens with one attached hydrogen (secondary N) is 1. The minimum Gasteiger partial charge on any atom is -0.468 e. The minimum absolute atomic E-state index is 0.0475. The fourth-order valence-corrected chi connectivity index (χ4v) is 2.18. The van der Waals surface area contributed by atoms with Gasteiger partial charge in [-0.3, -0.25) is 0 Å². The van der Waals surface area contributed by atoms with Gasteiger partial charge in [-0.15, -0.1) is 11.3 Å². The molecule has 0 fully saturated rings. The van der Waals surface area contributed by atoms with Crippen LogP contribution in [0, 0.1) is 0 Å². The van der Waals surface area contributed by atoms with Crippen LogP contribution in [0.25, 0.3) is 0 Å². The van der Waals surface area contributed by atoms with Crippen molar-refractivity contribution in [1.82, 2.24) is 15.3 Å². The van der Waals surface area contributed by atoms with E-state index >= 15 is 0 Å². The quantitative estimate of drug-likeness (QED) is 0.855. The Morgan fingerprint density at radius 2 is 2.10 bits per heavy atom. The Kier molecular flexibility index (Phi) is 4.97. The SMILES string of the molecule is Nc1ncc(CNCc2ccnc(OCC(F)(F)F)c2)s1. The summed E-state index contributed by atoms with van der Waals surface area (Å²) in [5, 5.41) is 3.64. The van der Waals surface area contributed by atoms with Crippen LogP contribution in [0.15, 0.2) is 24.5 Å². The fraction of sp³-hybridized carbons (Fsp3) is 0.333. The van der Waals surface area contributed by atoms with E-state index in [0.29, 0.717) is 18.2 Å². The molecule has 9 heteroatoms. The monoisotopic (exact) mass is 318 g/mol. The number of rotatable bonds is 6. The van der Waals surface area contributed by atoms with Gasteiger partial charge in [-0.25, -0.2) is 9.97 Å². The molecular weight excluding hydrogens is 305 g/mol. The number of hydrogen-bond donors (Lipinski definition) is 2. The van der Waals surface area contributed by atoms with Crippen LogP contribution in [-0.2, 0) is 13.1 Å². The van der Waals surface area contributed by atoms with E-state index in [2.05, 4.69) is 20.0 Å². The normalized spacial score (nSPS) is 11.6. The van der Waals surface area contributed by atoms with E-state index in [9.17, 15) is 13.2 Å². The topological polar surface area (TPSA) is 73.1 Å². The van der Waals surface area contributed by atoms with Gasteiger partial charge in [0.05, 0.1) is 0 Å². The zero-order valence-electron chi connectivity index (χ0n) is 10.9. The van der Waals surface area contributed by atoms with Crippen molar-refractivity contribution < 1.29 is 17.9 Å². The van der Waals surface area contributed by atoms with E-state index < -0.39 is 12.8 Å². The predicted molar refractivity (Wildman–Crippen MR) is 72.9 cm³/mol. The second-order valence-corrected chi connectivity index (χ2v) is 5.32. The van der Waals surface area contributed by atoms with Crippen LogP contribution in [0.1, 0.15) is 10.4 Å². The van der Waals surface area contributed by atoms with Crippen molar-refractivity contribution >= 4 is 16.5 Å². The maximum absolute atomic E-state index is 12.1. The van der Waals surface area contributed by atoms with Crippen molar-refractivity contribution in [1.29, 1.82) is 0 Å². The Balaban J connectivity index is 1.83. The lowest BCUT2D eigenvalue weighted by Gasteiger charge is -2.09. The van der Waals surface area contributed by atoms with E-state index in [1.165, 1.54) is 23.6 Å². The molecule has 0 amide bonds. The van der Waals surface area contributed by atoms with Gasteiger partial charge in [0.2, 0.25) is 5.88 Å². The molecule has 0 aromatic carbocycles. The zero-order chi connectivity index (χ0) is 15.3. The molecule has 3 N–H and O–H groups in total. The van der Waals surface area contributed by atoms with Gasteiger partial charge in [0.1, 0.15) is 0 Å². The third kappa shape index (κ3) is 5.56. The van der Waals surface area contributed by atoms with Crippen molar-refractivity contribution in [2.75, 3.05) is 12.3 Å². The highest BCUT2D eigenvalue weighted by Gasteiger charge is 2.28. The number of anilines is 1. The Labute approximate surface area is 123 Å². The Morgan fingerprint density at radius 1 is 1.29 bits per heavy atom. The molecule has 0 aliphatic rings. The minimum atomic E-state index is -4.37. The third-order valence-electron chi connectivity index (χ3n) is 2.38. The molecule has 0 saturated carbocycles. The van der Waals surface area contributed by atoms with Gasteiger partial charge in [0, 0.05) is 36.4 Å². The summed E-state index contributed by atoms with van der Waals surface area (Å²) in [6.45, 7) is -0.296. The number of thiazole rings is 1. The van der Waals surface area contributed by atoms with Gasteiger partial charge in [0.15, 0.2) is 11.7 Å². The summed E-state index contributed by atoms with van der Waals surface area (Å²) >= 11 is 1.38. The standard InChI is InChI=1S/C12H13F3N4OS/c13-12(14,15)7-20-10-3-8(1-2-18-10)4-17-5-9-6-19-11(16)21-9/h1-3,6,17H,4-5,7H2,(H2,16,19). The second kappa shape index (κ2) is 6.72. The number of ether oxygens (including phenoxy) is 1. The van der Waals surface area contributed by atoms with Crippen LogP contribution in [0.3, 0.4) is 0 Å². The van der Waals surface area contributed by atoms with Crippen LogP contribution in [-0.4, -0.2) is 22.8 Å². The van der Waals surface area contributed by atoms with Gasteiger partial charge in [-0.05, 0) is 11.6 Å². The lowest BCUT2D eigenvalue weighted by molar-refractivity contribution is -0.154. The van der Waals surface area contributed by atoms with E-state index in [1.54, 1.807) is 12.3 Å². The first kappa shape index (κ1) is 15.5. The molecule has 21 heavy (non-hydrogen) atoms. The van der Waals surface area contributed by atoms with Crippen LogP contribution < -0.4 is 15.8 Å². The number of alkyl halides is 3. The fourth-order valence-electron chi connectivity index (χ4n) is 1.53. The van der Waals surface area contributed by atoms with Gasteiger partial charge in [-0.2, -0.15) is 13.2 Å². The van der Waals surface area contributed by atoms with Crippen LogP contribution in [0.4, 0.5) is 18.3 Å². The summed E-state index contributed by atoms with van der Waals surface area (Å²) in [5.41, 5.74) is 6.29. The first-order valence-corrected chi connectivity index (χ1v) is 6.79. The second-order valence-electron chi connectivity index (χ2n) is 4.17. The zero-order valence-corrected chi connectivity index (χ0v) is 11.7. The molecule has 2 aromatic heterocycles. The molecule has 2 rings (SSSR count). The predicted octanol–water partition coefficient (Wildman–Crippen LogP) is 2.35. The Hall–Kier alpha value is -1.87. The largest absolute Gasteiger partial charge is 0.468 e. The van der Waals surface area contributed by atoms with Gasteiger partial charge < -0.3 is 15.8 Å². The molecule has 0 atom stereocenters. The van der Waals surface area contributed by atoms with Crippen LogP contribution in [0.2, 0.25) is 0 Å². The summed E-state index contributed by atoms with van der Waals surface area (Å²) < 4.78 is 40.8. The van der Waals surface area contributed by atoms with Gasteiger partial charge in [0.25, 0.3) is 0 Å². The molecule has 0 spiro atoms. The molecule has 0 aliphatic heterocycles. The number of nitrogen functional groups attached to an aromatic ring is 1. The highest BCUT2D eigenvalue weighted by molar-refractivity contribution is 7.15. The molecule has 0 saturated heterocycles. The van der Waals surface area contributed by atoms with Crippen molar-refractivity contribution in [3.8, 4) is 5.88 Å². The number of nitrogens with zero attached hydrogens (tertiary/aromatic N) is 2. The molecular formula is C12H13F3N4OS. The smallest absolute Gasteiger partial charge is 0.422 e. The third-order valence-corrected chi connectivity index (χ3v) is 3.21. The lowest BCUT2D eigenvalue weighted by atomic mass is 10.2. The Bertz CT molecular complexity index is 588. The van der Waals surface area contributed by atoms with E-state index in [1.807, 2.05) is 0 Å².